The number of nitrogens with one attached hydrogen (secondary N) is 1. The van der Waals surface area contributed by atoms with Gasteiger partial charge in [-0.25, -0.2) is 4.68 Å². The molecule has 160 valence electrons. The van der Waals surface area contributed by atoms with Gasteiger partial charge < -0.3 is 5.32 Å². The van der Waals surface area contributed by atoms with Crippen LogP contribution in [0, 0.1) is 0 Å². The Labute approximate surface area is 186 Å². The van der Waals surface area contributed by atoms with Crippen molar-refractivity contribution in [3.8, 4) is 0 Å². The number of fused-ring (bicyclic) bond motifs is 1. The Bertz CT molecular complexity index is 1250. The number of hydrogen-bond acceptors (Lipinski definition) is 4. The molecule has 0 aliphatic heterocycles. The van der Waals surface area contributed by atoms with Gasteiger partial charge in [-0.1, -0.05) is 54.1 Å². The van der Waals surface area contributed by atoms with E-state index >= 15 is 0 Å². The first kappa shape index (κ1) is 21.1. The Hall–Kier alpha value is -3.12. The van der Waals surface area contributed by atoms with E-state index in [-0.39, 0.29) is 17.1 Å². The molecule has 4 aromatic rings. The van der Waals surface area contributed by atoms with E-state index in [1.54, 1.807) is 15.4 Å². The molecule has 0 unspecified atom stereocenters. The maximum Gasteiger partial charge on any atom is 0.266 e. The molecule has 7 heteroatoms. The molecule has 2 heterocycles. The van der Waals surface area contributed by atoms with Crippen LogP contribution in [0.1, 0.15) is 44.9 Å². The summed E-state index contributed by atoms with van der Waals surface area (Å²) in [6.07, 6.45) is 1.61. The molecule has 1 atom stereocenters. The monoisotopic (exact) mass is 435 g/mol. The second-order valence-corrected chi connectivity index (χ2v) is 9.13. The van der Waals surface area contributed by atoms with Gasteiger partial charge in [-0.2, -0.15) is 10.1 Å². The maximum atomic E-state index is 13.5. The molecule has 0 radical (unpaired) electrons. The average Bonchev–Trinajstić information content (AvgIpc) is 3.17. The van der Waals surface area contributed by atoms with Crippen LogP contribution in [0.2, 0.25) is 5.02 Å². The number of rotatable bonds is 5. The summed E-state index contributed by atoms with van der Waals surface area (Å²) in [6.45, 7) is 8.58. The molecule has 0 fully saturated rings. The number of benzene rings is 2. The minimum Gasteiger partial charge on any atom is -0.349 e. The van der Waals surface area contributed by atoms with Crippen LogP contribution in [0.15, 0.2) is 65.6 Å². The van der Waals surface area contributed by atoms with Gasteiger partial charge in [-0.15, -0.1) is 0 Å². The number of anilines is 1. The maximum absolute atomic E-state index is 13.5. The Morgan fingerprint density at radius 2 is 1.74 bits per heavy atom. The Morgan fingerprint density at radius 1 is 1.06 bits per heavy atom. The third-order valence-corrected chi connectivity index (χ3v) is 5.47. The highest BCUT2D eigenvalue weighted by Crippen LogP contribution is 2.23. The van der Waals surface area contributed by atoms with E-state index in [1.807, 2.05) is 82.3 Å². The zero-order valence-electron chi connectivity index (χ0n) is 18.1. The summed E-state index contributed by atoms with van der Waals surface area (Å²) in [7, 11) is 0. The topological polar surface area (TPSA) is 64.7 Å². The van der Waals surface area contributed by atoms with Crippen LogP contribution in [-0.4, -0.2) is 19.3 Å². The second kappa shape index (κ2) is 8.19. The van der Waals surface area contributed by atoms with Crippen LogP contribution < -0.4 is 10.9 Å². The predicted octanol–water partition coefficient (Wildman–Crippen LogP) is 5.22. The summed E-state index contributed by atoms with van der Waals surface area (Å²) in [5.41, 5.74) is 2.24. The van der Waals surface area contributed by atoms with Gasteiger partial charge in [-0.05, 0) is 51.0 Å². The molecule has 0 bridgehead atoms. The molecule has 4 rings (SSSR count). The van der Waals surface area contributed by atoms with Crippen LogP contribution in [0.4, 0.5) is 5.95 Å². The third kappa shape index (κ3) is 4.35. The fourth-order valence-electron chi connectivity index (χ4n) is 3.54. The molecular formula is C24H26ClN5O. The van der Waals surface area contributed by atoms with Crippen molar-refractivity contribution in [2.75, 3.05) is 5.32 Å². The van der Waals surface area contributed by atoms with Crippen molar-refractivity contribution in [1.29, 1.82) is 0 Å². The zero-order chi connectivity index (χ0) is 22.2. The fourth-order valence-corrected chi connectivity index (χ4v) is 3.67. The molecule has 0 aliphatic rings. The molecule has 31 heavy (non-hydrogen) atoms. The van der Waals surface area contributed by atoms with E-state index in [4.69, 9.17) is 16.6 Å². The summed E-state index contributed by atoms with van der Waals surface area (Å²) in [5.74, 6) is 0.509. The minimum atomic E-state index is -0.300. The number of nitrogens with zero attached hydrogens (tertiary/aromatic N) is 4. The summed E-state index contributed by atoms with van der Waals surface area (Å²) < 4.78 is 3.48. The van der Waals surface area contributed by atoms with Gasteiger partial charge in [0.05, 0.1) is 24.3 Å². The lowest BCUT2D eigenvalue weighted by Gasteiger charge is -2.22. The Morgan fingerprint density at radius 3 is 2.39 bits per heavy atom. The highest BCUT2D eigenvalue weighted by Gasteiger charge is 2.22. The summed E-state index contributed by atoms with van der Waals surface area (Å²) in [6, 6.07) is 17.5. The standard InChI is InChI=1S/C24H26ClN5O/c1-16(18-10-12-19(25)13-11-18)27-23-28-21-20(14-26-30(21)24(2,3)4)22(31)29(23)15-17-8-6-5-7-9-17/h5-14,16H,15H2,1-4H3,(H,27,28)/t16-/m0/s1. The van der Waals surface area contributed by atoms with Crippen LogP contribution >= 0.6 is 11.6 Å². The summed E-state index contributed by atoms with van der Waals surface area (Å²) in [4.78, 5) is 18.3. The molecular weight excluding hydrogens is 410 g/mol. The van der Waals surface area contributed by atoms with Gasteiger partial charge >= 0.3 is 0 Å². The molecule has 1 N–H and O–H groups in total. The van der Waals surface area contributed by atoms with Crippen molar-refractivity contribution < 1.29 is 0 Å². The van der Waals surface area contributed by atoms with Gasteiger partial charge in [0, 0.05) is 5.02 Å². The third-order valence-electron chi connectivity index (χ3n) is 5.22. The lowest BCUT2D eigenvalue weighted by atomic mass is 10.1. The molecule has 0 spiro atoms. The van der Waals surface area contributed by atoms with E-state index in [1.165, 1.54) is 0 Å². The fraction of sp³-hybridized carbons (Fsp3) is 0.292. The van der Waals surface area contributed by atoms with E-state index in [0.29, 0.717) is 28.5 Å². The number of aromatic nitrogens is 4. The van der Waals surface area contributed by atoms with E-state index in [2.05, 4.69) is 10.4 Å². The molecule has 0 saturated carbocycles. The predicted molar refractivity (Wildman–Crippen MR) is 126 cm³/mol. The average molecular weight is 436 g/mol. The molecule has 0 aliphatic carbocycles. The molecule has 0 saturated heterocycles. The van der Waals surface area contributed by atoms with Gasteiger partial charge in [0.1, 0.15) is 5.39 Å². The first-order chi connectivity index (χ1) is 14.7. The quantitative estimate of drug-likeness (QED) is 0.466. The van der Waals surface area contributed by atoms with Crippen molar-refractivity contribution in [2.45, 2.75) is 45.8 Å². The first-order valence-corrected chi connectivity index (χ1v) is 10.7. The van der Waals surface area contributed by atoms with Gasteiger partial charge in [0.2, 0.25) is 5.95 Å². The normalized spacial score (nSPS) is 12.8. The molecule has 2 aromatic heterocycles. The first-order valence-electron chi connectivity index (χ1n) is 10.3. The van der Waals surface area contributed by atoms with Crippen LogP contribution in [0.3, 0.4) is 0 Å². The summed E-state index contributed by atoms with van der Waals surface area (Å²) >= 11 is 6.04. The SMILES string of the molecule is C[C@H](Nc1nc2c(cnn2C(C)(C)C)c(=O)n1Cc1ccccc1)c1ccc(Cl)cc1. The smallest absolute Gasteiger partial charge is 0.266 e. The van der Waals surface area contributed by atoms with Crippen molar-refractivity contribution in [2.24, 2.45) is 0 Å². The van der Waals surface area contributed by atoms with Crippen molar-refractivity contribution in [3.05, 3.63) is 87.3 Å². The molecule has 2 aromatic carbocycles. The highest BCUT2D eigenvalue weighted by atomic mass is 35.5. The number of halogens is 1. The van der Waals surface area contributed by atoms with Crippen LogP contribution in [0.25, 0.3) is 11.0 Å². The van der Waals surface area contributed by atoms with Crippen molar-refractivity contribution in [1.82, 2.24) is 19.3 Å². The van der Waals surface area contributed by atoms with Gasteiger partial charge in [0.25, 0.3) is 5.56 Å². The van der Waals surface area contributed by atoms with Gasteiger partial charge in [0.15, 0.2) is 5.65 Å². The second-order valence-electron chi connectivity index (χ2n) is 8.69. The van der Waals surface area contributed by atoms with Crippen molar-refractivity contribution >= 4 is 28.6 Å². The lowest BCUT2D eigenvalue weighted by Crippen LogP contribution is -2.28. The zero-order valence-corrected chi connectivity index (χ0v) is 18.9. The molecule has 6 nitrogen and oxygen atoms in total. The van der Waals surface area contributed by atoms with E-state index < -0.39 is 0 Å². The Balaban J connectivity index is 1.84. The van der Waals surface area contributed by atoms with E-state index in [0.717, 1.165) is 11.1 Å². The van der Waals surface area contributed by atoms with Crippen LogP contribution in [0.5, 0.6) is 0 Å². The van der Waals surface area contributed by atoms with E-state index in [9.17, 15) is 4.79 Å². The van der Waals surface area contributed by atoms with Crippen molar-refractivity contribution in [3.63, 3.8) is 0 Å². The largest absolute Gasteiger partial charge is 0.349 e. The highest BCUT2D eigenvalue weighted by molar-refractivity contribution is 6.30. The molecule has 0 amide bonds. The lowest BCUT2D eigenvalue weighted by molar-refractivity contribution is 0.366. The summed E-state index contributed by atoms with van der Waals surface area (Å²) in [5, 5.41) is 9.09. The number of hydrogen-bond donors (Lipinski definition) is 1. The Kier molecular flexibility index (Phi) is 5.58. The van der Waals surface area contributed by atoms with Gasteiger partial charge in [-0.3, -0.25) is 9.36 Å². The van der Waals surface area contributed by atoms with Crippen LogP contribution in [-0.2, 0) is 12.1 Å². The minimum absolute atomic E-state index is 0.0744.